The van der Waals surface area contributed by atoms with Crippen LogP contribution in [0, 0.1) is 0 Å². The Hall–Kier alpha value is -1.95. The van der Waals surface area contributed by atoms with E-state index in [0.29, 0.717) is 30.1 Å². The van der Waals surface area contributed by atoms with E-state index in [1.54, 1.807) is 19.1 Å². The van der Waals surface area contributed by atoms with Crippen molar-refractivity contribution in [2.45, 2.75) is 38.8 Å². The Morgan fingerprint density at radius 1 is 1.45 bits per heavy atom. The van der Waals surface area contributed by atoms with Gasteiger partial charge >= 0.3 is 5.97 Å². The van der Waals surface area contributed by atoms with E-state index in [-0.39, 0.29) is 12.8 Å². The second-order valence-corrected chi connectivity index (χ2v) is 4.85. The largest absolute Gasteiger partial charge is 0.479 e. The zero-order chi connectivity index (χ0) is 14.7. The minimum atomic E-state index is -0.989. The number of carbonyl (C=O) groups is 1. The predicted molar refractivity (Wildman–Crippen MR) is 72.3 cm³/mol. The number of hydrogen-bond donors (Lipinski definition) is 2. The lowest BCUT2D eigenvalue weighted by atomic mass is 10.1. The van der Waals surface area contributed by atoms with Gasteiger partial charge in [0.1, 0.15) is 5.75 Å². The van der Waals surface area contributed by atoms with Crippen LogP contribution in [0.2, 0.25) is 0 Å². The quantitative estimate of drug-likeness (QED) is 0.822. The average Bonchev–Trinajstić information content (AvgIpc) is 2.81. The van der Waals surface area contributed by atoms with E-state index in [0.717, 1.165) is 5.56 Å². The van der Waals surface area contributed by atoms with Crippen LogP contribution in [-0.4, -0.2) is 30.0 Å². The van der Waals surface area contributed by atoms with Crippen molar-refractivity contribution in [1.29, 1.82) is 0 Å². The fourth-order valence-corrected chi connectivity index (χ4v) is 2.04. The van der Waals surface area contributed by atoms with Crippen molar-refractivity contribution < 1.29 is 24.1 Å². The molecule has 0 amide bonds. The van der Waals surface area contributed by atoms with Crippen molar-refractivity contribution in [3.8, 4) is 17.2 Å². The van der Waals surface area contributed by atoms with Gasteiger partial charge in [-0.15, -0.1) is 0 Å². The highest BCUT2D eigenvalue weighted by molar-refractivity contribution is 5.72. The summed E-state index contributed by atoms with van der Waals surface area (Å²) in [6.07, 6.45) is 0.0610. The molecule has 3 N–H and O–H groups in total. The number of nitrogens with two attached hydrogens (primary N) is 1. The number of benzene rings is 1. The predicted octanol–water partition coefficient (Wildman–Crippen LogP) is 1.55. The Morgan fingerprint density at radius 2 is 2.10 bits per heavy atom. The zero-order valence-electron chi connectivity index (χ0n) is 11.6. The summed E-state index contributed by atoms with van der Waals surface area (Å²) in [6, 6.07) is 3.41. The molecule has 0 saturated carbocycles. The summed E-state index contributed by atoms with van der Waals surface area (Å²) in [5, 5.41) is 9.10. The van der Waals surface area contributed by atoms with Gasteiger partial charge in [0, 0.05) is 12.1 Å². The van der Waals surface area contributed by atoms with E-state index >= 15 is 0 Å². The highest BCUT2D eigenvalue weighted by Gasteiger charge is 2.23. The number of hydrogen-bond acceptors (Lipinski definition) is 5. The molecule has 1 aromatic rings. The van der Waals surface area contributed by atoms with E-state index in [2.05, 4.69) is 0 Å². The van der Waals surface area contributed by atoms with Crippen molar-refractivity contribution in [3.05, 3.63) is 17.7 Å². The molecule has 6 heteroatoms. The molecular weight excluding hydrogens is 262 g/mol. The monoisotopic (exact) mass is 281 g/mol. The smallest absolute Gasteiger partial charge is 0.344 e. The Kier molecular flexibility index (Phi) is 4.34. The van der Waals surface area contributed by atoms with Crippen molar-refractivity contribution >= 4 is 5.97 Å². The maximum atomic E-state index is 11.1. The molecule has 0 aliphatic carbocycles. The van der Waals surface area contributed by atoms with Crippen molar-refractivity contribution in [3.63, 3.8) is 0 Å². The molecule has 2 rings (SSSR count). The lowest BCUT2D eigenvalue weighted by Crippen LogP contribution is -2.27. The SMILES string of the molecule is CCC(Oc1cc2c(cc1CC(C)N)OCO2)C(=O)O. The average molecular weight is 281 g/mol. The Morgan fingerprint density at radius 3 is 2.65 bits per heavy atom. The van der Waals surface area contributed by atoms with Crippen LogP contribution in [0.4, 0.5) is 0 Å². The maximum absolute atomic E-state index is 11.1. The van der Waals surface area contributed by atoms with E-state index < -0.39 is 12.1 Å². The van der Waals surface area contributed by atoms with Gasteiger partial charge in [0.15, 0.2) is 17.6 Å². The number of rotatable bonds is 6. The number of carboxylic acids is 1. The summed E-state index contributed by atoms with van der Waals surface area (Å²) in [4.78, 5) is 11.1. The molecule has 1 aliphatic heterocycles. The van der Waals surface area contributed by atoms with Gasteiger partial charge in [-0.3, -0.25) is 0 Å². The fourth-order valence-electron chi connectivity index (χ4n) is 2.04. The Labute approximate surface area is 117 Å². The van der Waals surface area contributed by atoms with Crippen molar-refractivity contribution in [2.75, 3.05) is 6.79 Å². The third-order valence-corrected chi connectivity index (χ3v) is 3.01. The van der Waals surface area contributed by atoms with E-state index in [1.165, 1.54) is 0 Å². The second kappa shape index (κ2) is 6.00. The standard InChI is InChI=1S/C14H19NO5/c1-3-10(14(16)17)20-11-6-13-12(18-7-19-13)5-9(11)4-8(2)15/h5-6,8,10H,3-4,7,15H2,1-2H3,(H,16,17). The first-order valence-corrected chi connectivity index (χ1v) is 6.58. The van der Waals surface area contributed by atoms with Crippen LogP contribution >= 0.6 is 0 Å². The first kappa shape index (κ1) is 14.5. The van der Waals surface area contributed by atoms with Crippen LogP contribution in [0.15, 0.2) is 12.1 Å². The molecule has 1 aliphatic rings. The molecule has 20 heavy (non-hydrogen) atoms. The first-order chi connectivity index (χ1) is 9.51. The Bertz CT molecular complexity index is 501. The third-order valence-electron chi connectivity index (χ3n) is 3.01. The van der Waals surface area contributed by atoms with E-state index in [9.17, 15) is 4.79 Å². The topological polar surface area (TPSA) is 91.0 Å². The van der Waals surface area contributed by atoms with Crippen LogP contribution in [0.3, 0.4) is 0 Å². The van der Waals surface area contributed by atoms with Gasteiger partial charge in [-0.05, 0) is 31.4 Å². The van der Waals surface area contributed by atoms with Gasteiger partial charge in [0.05, 0.1) is 0 Å². The zero-order valence-corrected chi connectivity index (χ0v) is 11.6. The molecule has 0 saturated heterocycles. The van der Waals surface area contributed by atoms with Crippen molar-refractivity contribution in [1.82, 2.24) is 0 Å². The molecular formula is C14H19NO5. The summed E-state index contributed by atoms with van der Waals surface area (Å²) in [7, 11) is 0. The summed E-state index contributed by atoms with van der Waals surface area (Å²) in [6.45, 7) is 3.80. The molecule has 1 aromatic carbocycles. The summed E-state index contributed by atoms with van der Waals surface area (Å²) in [5.41, 5.74) is 6.64. The summed E-state index contributed by atoms with van der Waals surface area (Å²) >= 11 is 0. The molecule has 110 valence electrons. The Balaban J connectivity index is 2.31. The van der Waals surface area contributed by atoms with E-state index in [1.807, 2.05) is 6.92 Å². The highest BCUT2D eigenvalue weighted by Crippen LogP contribution is 2.39. The highest BCUT2D eigenvalue weighted by atomic mass is 16.7. The van der Waals surface area contributed by atoms with Crippen LogP contribution in [0.5, 0.6) is 17.2 Å². The normalized spacial score (nSPS) is 15.8. The maximum Gasteiger partial charge on any atom is 0.344 e. The minimum Gasteiger partial charge on any atom is -0.479 e. The first-order valence-electron chi connectivity index (χ1n) is 6.58. The molecule has 0 spiro atoms. The molecule has 1 heterocycles. The molecule has 0 radical (unpaired) electrons. The number of fused-ring (bicyclic) bond motifs is 1. The third kappa shape index (κ3) is 3.14. The lowest BCUT2D eigenvalue weighted by molar-refractivity contribution is -0.145. The van der Waals surface area contributed by atoms with Gasteiger partial charge in [-0.2, -0.15) is 0 Å². The molecule has 0 bridgehead atoms. The summed E-state index contributed by atoms with van der Waals surface area (Å²) < 4.78 is 16.2. The van der Waals surface area contributed by atoms with Gasteiger partial charge in [0.25, 0.3) is 0 Å². The van der Waals surface area contributed by atoms with E-state index in [4.69, 9.17) is 25.1 Å². The van der Waals surface area contributed by atoms with Gasteiger partial charge in [-0.25, -0.2) is 4.79 Å². The molecule has 2 atom stereocenters. The lowest BCUT2D eigenvalue weighted by Gasteiger charge is -2.18. The minimum absolute atomic E-state index is 0.0670. The summed E-state index contributed by atoms with van der Waals surface area (Å²) in [5.74, 6) is 0.697. The van der Waals surface area contributed by atoms with Crippen LogP contribution in [-0.2, 0) is 11.2 Å². The van der Waals surface area contributed by atoms with Gasteiger partial charge < -0.3 is 25.1 Å². The number of ether oxygens (including phenoxy) is 3. The number of aliphatic carboxylic acids is 1. The second-order valence-electron chi connectivity index (χ2n) is 4.85. The van der Waals surface area contributed by atoms with Crippen LogP contribution in [0.1, 0.15) is 25.8 Å². The van der Waals surface area contributed by atoms with Crippen LogP contribution in [0.25, 0.3) is 0 Å². The molecule has 0 fully saturated rings. The van der Waals surface area contributed by atoms with Gasteiger partial charge in [-0.1, -0.05) is 6.92 Å². The molecule has 6 nitrogen and oxygen atoms in total. The molecule has 2 unspecified atom stereocenters. The molecule has 0 aromatic heterocycles. The van der Waals surface area contributed by atoms with Crippen molar-refractivity contribution in [2.24, 2.45) is 5.73 Å². The fraction of sp³-hybridized carbons (Fsp3) is 0.500. The van der Waals surface area contributed by atoms with Gasteiger partial charge in [0.2, 0.25) is 6.79 Å². The number of carboxylic acid groups (broad SMARTS) is 1. The van der Waals surface area contributed by atoms with Crippen LogP contribution < -0.4 is 19.9 Å².